The summed E-state index contributed by atoms with van der Waals surface area (Å²) in [4.78, 5) is 0. The summed E-state index contributed by atoms with van der Waals surface area (Å²) in [6.07, 6.45) is 0.919. The van der Waals surface area contributed by atoms with E-state index in [-0.39, 0.29) is 6.04 Å². The van der Waals surface area contributed by atoms with Crippen molar-refractivity contribution in [1.82, 2.24) is 0 Å². The van der Waals surface area contributed by atoms with Crippen LogP contribution in [0.25, 0.3) is 0 Å². The van der Waals surface area contributed by atoms with Gasteiger partial charge in [-0.2, -0.15) is 5.26 Å². The highest BCUT2D eigenvalue weighted by atomic mass is 79.9. The average molecular weight is 350 g/mol. The molecule has 0 bridgehead atoms. The second-order valence-corrected chi connectivity index (χ2v) is 5.81. The Morgan fingerprint density at radius 1 is 1.25 bits per heavy atom. The van der Waals surface area contributed by atoms with Crippen LogP contribution in [0, 0.1) is 11.3 Å². The molecule has 1 atom stereocenters. The maximum absolute atomic E-state index is 9.21. The fraction of sp³-hybridized carbons (Fsp3) is 0.188. The lowest BCUT2D eigenvalue weighted by Crippen LogP contribution is -2.10. The van der Waals surface area contributed by atoms with Crippen molar-refractivity contribution in [3.05, 3.63) is 63.1 Å². The highest BCUT2D eigenvalue weighted by Gasteiger charge is 2.11. The number of rotatable bonds is 4. The Labute approximate surface area is 132 Å². The van der Waals surface area contributed by atoms with Crippen LogP contribution in [0.4, 0.5) is 5.69 Å². The van der Waals surface area contributed by atoms with Crippen LogP contribution in [0.15, 0.2) is 46.9 Å². The Balaban J connectivity index is 2.27. The first-order valence-electron chi connectivity index (χ1n) is 6.35. The van der Waals surface area contributed by atoms with Gasteiger partial charge in [-0.15, -0.1) is 0 Å². The molecule has 0 aliphatic carbocycles. The molecular formula is C16H14BrClN2. The van der Waals surface area contributed by atoms with E-state index in [1.165, 1.54) is 0 Å². The van der Waals surface area contributed by atoms with E-state index in [0.29, 0.717) is 5.56 Å². The van der Waals surface area contributed by atoms with E-state index in [9.17, 15) is 5.26 Å². The van der Waals surface area contributed by atoms with Crippen molar-refractivity contribution in [1.29, 1.82) is 5.26 Å². The quantitative estimate of drug-likeness (QED) is 0.787. The predicted octanol–water partition coefficient (Wildman–Crippen LogP) is 5.54. The maximum Gasteiger partial charge on any atom is 0.101 e. The molecule has 2 nitrogen and oxygen atoms in total. The summed E-state index contributed by atoms with van der Waals surface area (Å²) in [7, 11) is 0. The SMILES string of the molecule is CCC(Nc1ccc(Br)cc1C#N)c1ccc(Cl)cc1. The fourth-order valence-electron chi connectivity index (χ4n) is 2.04. The number of nitrogens with one attached hydrogen (secondary N) is 1. The van der Waals surface area contributed by atoms with E-state index < -0.39 is 0 Å². The van der Waals surface area contributed by atoms with Gasteiger partial charge in [0.2, 0.25) is 0 Å². The van der Waals surface area contributed by atoms with E-state index in [1.54, 1.807) is 0 Å². The summed E-state index contributed by atoms with van der Waals surface area (Å²) in [5.74, 6) is 0. The van der Waals surface area contributed by atoms with Crippen molar-refractivity contribution in [3.8, 4) is 6.07 Å². The van der Waals surface area contributed by atoms with Crippen molar-refractivity contribution in [2.75, 3.05) is 5.32 Å². The van der Waals surface area contributed by atoms with Gasteiger partial charge < -0.3 is 5.32 Å². The fourth-order valence-corrected chi connectivity index (χ4v) is 2.53. The second kappa shape index (κ2) is 6.78. The minimum atomic E-state index is 0.153. The molecular weight excluding hydrogens is 336 g/mol. The highest BCUT2D eigenvalue weighted by molar-refractivity contribution is 9.10. The van der Waals surface area contributed by atoms with Crippen LogP contribution >= 0.6 is 27.5 Å². The van der Waals surface area contributed by atoms with Gasteiger partial charge >= 0.3 is 0 Å². The monoisotopic (exact) mass is 348 g/mol. The first kappa shape index (κ1) is 14.9. The normalized spacial score (nSPS) is 11.7. The van der Waals surface area contributed by atoms with Gasteiger partial charge in [0.25, 0.3) is 0 Å². The Bertz CT molecular complexity index is 632. The van der Waals surface area contributed by atoms with Crippen LogP contribution in [0.3, 0.4) is 0 Å². The lowest BCUT2D eigenvalue weighted by molar-refractivity contribution is 0.749. The van der Waals surface area contributed by atoms with Crippen molar-refractivity contribution in [3.63, 3.8) is 0 Å². The Morgan fingerprint density at radius 2 is 1.95 bits per heavy atom. The number of hydrogen-bond donors (Lipinski definition) is 1. The third kappa shape index (κ3) is 3.53. The molecule has 0 saturated carbocycles. The summed E-state index contributed by atoms with van der Waals surface area (Å²) < 4.78 is 0.902. The summed E-state index contributed by atoms with van der Waals surface area (Å²) in [5.41, 5.74) is 2.63. The van der Waals surface area contributed by atoms with Crippen LogP contribution < -0.4 is 5.32 Å². The Morgan fingerprint density at radius 3 is 2.55 bits per heavy atom. The minimum absolute atomic E-state index is 0.153. The lowest BCUT2D eigenvalue weighted by Gasteiger charge is -2.19. The zero-order chi connectivity index (χ0) is 14.5. The molecule has 2 aromatic carbocycles. The molecule has 0 spiro atoms. The zero-order valence-electron chi connectivity index (χ0n) is 11.0. The number of nitrogens with zero attached hydrogens (tertiary/aromatic N) is 1. The first-order chi connectivity index (χ1) is 9.63. The summed E-state index contributed by atoms with van der Waals surface area (Å²) in [5, 5.41) is 13.4. The van der Waals surface area contributed by atoms with Crippen molar-refractivity contribution >= 4 is 33.2 Å². The maximum atomic E-state index is 9.21. The van der Waals surface area contributed by atoms with E-state index >= 15 is 0 Å². The summed E-state index contributed by atoms with van der Waals surface area (Å²) >= 11 is 9.30. The minimum Gasteiger partial charge on any atom is -0.377 e. The first-order valence-corrected chi connectivity index (χ1v) is 7.52. The van der Waals surface area contributed by atoms with Crippen LogP contribution in [0.1, 0.15) is 30.5 Å². The Kier molecular flexibility index (Phi) is 5.05. The van der Waals surface area contributed by atoms with Crippen molar-refractivity contribution in [2.45, 2.75) is 19.4 Å². The van der Waals surface area contributed by atoms with Gasteiger partial charge in [0.05, 0.1) is 17.3 Å². The molecule has 0 aromatic heterocycles. The largest absolute Gasteiger partial charge is 0.377 e. The lowest BCUT2D eigenvalue weighted by atomic mass is 10.0. The van der Waals surface area contributed by atoms with Gasteiger partial charge in [-0.3, -0.25) is 0 Å². The van der Waals surface area contributed by atoms with E-state index in [1.807, 2.05) is 42.5 Å². The molecule has 0 radical (unpaired) electrons. The van der Waals surface area contributed by atoms with Gasteiger partial charge in [0.1, 0.15) is 6.07 Å². The molecule has 102 valence electrons. The summed E-state index contributed by atoms with van der Waals surface area (Å²) in [6, 6.07) is 15.8. The third-order valence-electron chi connectivity index (χ3n) is 3.11. The molecule has 2 aromatic rings. The van der Waals surface area contributed by atoms with Crippen LogP contribution in [-0.4, -0.2) is 0 Å². The topological polar surface area (TPSA) is 35.8 Å². The third-order valence-corrected chi connectivity index (χ3v) is 3.86. The molecule has 4 heteroatoms. The number of halogens is 2. The van der Waals surface area contributed by atoms with E-state index in [4.69, 9.17) is 11.6 Å². The van der Waals surface area contributed by atoms with Gasteiger partial charge in [0, 0.05) is 9.50 Å². The standard InChI is InChI=1S/C16H14BrClN2/c1-2-15(11-3-6-14(18)7-4-11)20-16-8-5-13(17)9-12(16)10-19/h3-9,15,20H,2H2,1H3. The van der Waals surface area contributed by atoms with Crippen LogP contribution in [0.2, 0.25) is 5.02 Å². The highest BCUT2D eigenvalue weighted by Crippen LogP contribution is 2.27. The molecule has 0 saturated heterocycles. The molecule has 0 aliphatic heterocycles. The zero-order valence-corrected chi connectivity index (χ0v) is 13.4. The number of nitriles is 1. The second-order valence-electron chi connectivity index (χ2n) is 4.46. The van der Waals surface area contributed by atoms with Crippen molar-refractivity contribution in [2.24, 2.45) is 0 Å². The van der Waals surface area contributed by atoms with Gasteiger partial charge in [-0.25, -0.2) is 0 Å². The van der Waals surface area contributed by atoms with E-state index in [2.05, 4.69) is 34.2 Å². The van der Waals surface area contributed by atoms with Crippen LogP contribution in [0.5, 0.6) is 0 Å². The number of anilines is 1. The molecule has 0 fully saturated rings. The smallest absolute Gasteiger partial charge is 0.101 e. The van der Waals surface area contributed by atoms with Crippen LogP contribution in [-0.2, 0) is 0 Å². The Hall–Kier alpha value is -1.50. The van der Waals surface area contributed by atoms with Gasteiger partial charge in [-0.1, -0.05) is 46.6 Å². The number of benzene rings is 2. The molecule has 0 amide bonds. The summed E-state index contributed by atoms with van der Waals surface area (Å²) in [6.45, 7) is 2.11. The molecule has 1 N–H and O–H groups in total. The van der Waals surface area contributed by atoms with Gasteiger partial charge in [0.15, 0.2) is 0 Å². The molecule has 2 rings (SSSR count). The van der Waals surface area contributed by atoms with E-state index in [0.717, 1.165) is 27.2 Å². The molecule has 1 unspecified atom stereocenters. The molecule has 20 heavy (non-hydrogen) atoms. The molecule has 0 heterocycles. The number of hydrogen-bond acceptors (Lipinski definition) is 2. The molecule has 0 aliphatic rings. The van der Waals surface area contributed by atoms with Crippen molar-refractivity contribution < 1.29 is 0 Å². The average Bonchev–Trinajstić information content (AvgIpc) is 2.47. The van der Waals surface area contributed by atoms with Gasteiger partial charge in [-0.05, 0) is 42.3 Å². The predicted molar refractivity (Wildman–Crippen MR) is 87.0 cm³/mol.